The van der Waals surface area contributed by atoms with Gasteiger partial charge < -0.3 is 10.6 Å². The largest absolute Gasteiger partial charge is 0.320 e. The van der Waals surface area contributed by atoms with E-state index in [2.05, 4.69) is 5.32 Å². The van der Waals surface area contributed by atoms with Gasteiger partial charge in [0.05, 0.1) is 6.04 Å². The molecule has 0 aliphatic carbocycles. The maximum Gasteiger partial charge on any atom is 0.249 e. The quantitative estimate of drug-likeness (QED) is 0.552. The van der Waals surface area contributed by atoms with Crippen LogP contribution in [0.15, 0.2) is 0 Å². The van der Waals surface area contributed by atoms with Gasteiger partial charge in [-0.2, -0.15) is 0 Å². The number of nitrogens with one attached hydrogen (secondary N) is 1. The highest BCUT2D eigenvalue weighted by molar-refractivity contribution is 6.04. The molecule has 1 aliphatic rings. The van der Waals surface area contributed by atoms with Crippen molar-refractivity contribution >= 4 is 17.7 Å². The Hall–Kier alpha value is -1.43. The number of carbonyl (C=O) groups is 3. The summed E-state index contributed by atoms with van der Waals surface area (Å²) in [6.45, 7) is 3.22. The Morgan fingerprint density at radius 2 is 2.27 bits per heavy atom. The molecule has 0 saturated carbocycles. The third kappa shape index (κ3) is 2.33. The molecule has 2 unspecified atom stereocenters. The lowest BCUT2D eigenvalue weighted by Gasteiger charge is -2.34. The van der Waals surface area contributed by atoms with E-state index < -0.39 is 23.9 Å². The fourth-order valence-corrected chi connectivity index (χ4v) is 1.57. The third-order valence-electron chi connectivity index (χ3n) is 2.31. The van der Waals surface area contributed by atoms with Gasteiger partial charge in [0, 0.05) is 0 Å². The predicted octanol–water partition coefficient (Wildman–Crippen LogP) is -1.40. The first-order valence-electron chi connectivity index (χ1n) is 4.87. The predicted molar refractivity (Wildman–Crippen MR) is 52.6 cm³/mol. The minimum atomic E-state index is -0.697. The Kier molecular flexibility index (Phi) is 3.41. The molecule has 0 bridgehead atoms. The molecule has 6 nitrogen and oxygen atoms in total. The van der Waals surface area contributed by atoms with Crippen molar-refractivity contribution < 1.29 is 14.4 Å². The second kappa shape index (κ2) is 4.39. The van der Waals surface area contributed by atoms with Crippen LogP contribution < -0.4 is 11.1 Å². The van der Waals surface area contributed by atoms with Gasteiger partial charge in [-0.25, -0.2) is 0 Å². The lowest BCUT2D eigenvalue weighted by Crippen LogP contribution is -2.61. The first-order chi connectivity index (χ1) is 6.97. The molecule has 1 heterocycles. The van der Waals surface area contributed by atoms with E-state index in [1.807, 2.05) is 0 Å². The normalized spacial score (nSPS) is 23.7. The lowest BCUT2D eigenvalue weighted by atomic mass is 10.1. The van der Waals surface area contributed by atoms with Crippen LogP contribution in [0.3, 0.4) is 0 Å². The van der Waals surface area contributed by atoms with Gasteiger partial charge in [0.1, 0.15) is 12.6 Å². The Morgan fingerprint density at radius 3 is 2.73 bits per heavy atom. The average molecular weight is 213 g/mol. The molecule has 2 atom stereocenters. The van der Waals surface area contributed by atoms with Crippen molar-refractivity contribution in [1.29, 1.82) is 0 Å². The summed E-state index contributed by atoms with van der Waals surface area (Å²) in [6.07, 6.45) is 0.470. The van der Waals surface area contributed by atoms with E-state index in [0.717, 1.165) is 0 Å². The topological polar surface area (TPSA) is 92.5 Å². The van der Waals surface area contributed by atoms with Gasteiger partial charge >= 0.3 is 0 Å². The average Bonchev–Trinajstić information content (AvgIpc) is 2.15. The minimum Gasteiger partial charge on any atom is -0.320 e. The first kappa shape index (κ1) is 11.6. The molecule has 15 heavy (non-hydrogen) atoms. The molecule has 1 rings (SSSR count). The maximum absolute atomic E-state index is 11.6. The molecule has 0 aromatic heterocycles. The van der Waals surface area contributed by atoms with E-state index in [-0.39, 0.29) is 12.5 Å². The number of nitrogens with two attached hydrogens (primary N) is 1. The van der Waals surface area contributed by atoms with Crippen LogP contribution in [0.2, 0.25) is 0 Å². The summed E-state index contributed by atoms with van der Waals surface area (Å²) in [5.74, 6) is -1.26. The molecular formula is C9H15N3O3. The number of piperazine rings is 1. The van der Waals surface area contributed by atoms with Crippen LogP contribution in [0.5, 0.6) is 0 Å². The second-order valence-electron chi connectivity index (χ2n) is 3.59. The summed E-state index contributed by atoms with van der Waals surface area (Å²) in [5, 5.41) is 2.19. The zero-order valence-corrected chi connectivity index (χ0v) is 8.82. The van der Waals surface area contributed by atoms with Crippen LogP contribution in [-0.4, -0.2) is 41.2 Å². The fourth-order valence-electron chi connectivity index (χ4n) is 1.57. The van der Waals surface area contributed by atoms with Crippen molar-refractivity contribution in [2.75, 3.05) is 6.54 Å². The number of rotatable bonds is 2. The van der Waals surface area contributed by atoms with E-state index in [4.69, 9.17) is 5.73 Å². The van der Waals surface area contributed by atoms with Gasteiger partial charge in [-0.3, -0.25) is 19.7 Å². The van der Waals surface area contributed by atoms with Crippen LogP contribution in [0.1, 0.15) is 20.3 Å². The van der Waals surface area contributed by atoms with Crippen LogP contribution >= 0.6 is 0 Å². The van der Waals surface area contributed by atoms with E-state index in [0.29, 0.717) is 6.42 Å². The van der Waals surface area contributed by atoms with Gasteiger partial charge in [0.2, 0.25) is 17.7 Å². The molecule has 1 fully saturated rings. The molecule has 1 saturated heterocycles. The number of hydrogen-bond donors (Lipinski definition) is 2. The standard InChI is InChI=1S/C9H15N3O3/c1-3-6-8(14)11-7(13)4-12(6)9(15)5(2)10/h5-6H,3-4,10H2,1-2H3,(H,11,13,14). The summed E-state index contributed by atoms with van der Waals surface area (Å²) in [7, 11) is 0. The van der Waals surface area contributed by atoms with Crippen molar-refractivity contribution in [3.05, 3.63) is 0 Å². The Morgan fingerprint density at radius 1 is 1.67 bits per heavy atom. The highest BCUT2D eigenvalue weighted by atomic mass is 16.2. The lowest BCUT2D eigenvalue weighted by molar-refractivity contribution is -0.150. The maximum atomic E-state index is 11.6. The van der Waals surface area contributed by atoms with Crippen LogP contribution in [0.25, 0.3) is 0 Å². The fraction of sp³-hybridized carbons (Fsp3) is 0.667. The third-order valence-corrected chi connectivity index (χ3v) is 2.31. The molecule has 0 spiro atoms. The molecule has 3 amide bonds. The molecule has 0 aromatic rings. The molecule has 3 N–H and O–H groups in total. The van der Waals surface area contributed by atoms with Crippen LogP contribution in [0, 0.1) is 0 Å². The molecular weight excluding hydrogens is 198 g/mol. The molecule has 6 heteroatoms. The smallest absolute Gasteiger partial charge is 0.249 e. The number of amides is 3. The molecule has 84 valence electrons. The SMILES string of the molecule is CCC1C(=O)NC(=O)CN1C(=O)C(C)N. The minimum absolute atomic E-state index is 0.0926. The summed E-state index contributed by atoms with van der Waals surface area (Å²) in [5.41, 5.74) is 5.44. The molecule has 0 aromatic carbocycles. The van der Waals surface area contributed by atoms with Gasteiger partial charge in [-0.1, -0.05) is 6.92 Å². The number of imide groups is 1. The monoisotopic (exact) mass is 213 g/mol. The Balaban J connectivity index is 2.87. The van der Waals surface area contributed by atoms with Gasteiger partial charge in [-0.15, -0.1) is 0 Å². The molecule has 0 radical (unpaired) electrons. The second-order valence-corrected chi connectivity index (χ2v) is 3.59. The summed E-state index contributed by atoms with van der Waals surface area (Å²) < 4.78 is 0. The van der Waals surface area contributed by atoms with Crippen molar-refractivity contribution in [1.82, 2.24) is 10.2 Å². The van der Waals surface area contributed by atoms with Gasteiger partial charge in [0.25, 0.3) is 0 Å². The van der Waals surface area contributed by atoms with Crippen molar-refractivity contribution in [2.45, 2.75) is 32.4 Å². The van der Waals surface area contributed by atoms with E-state index in [1.165, 1.54) is 11.8 Å². The van der Waals surface area contributed by atoms with Crippen LogP contribution in [-0.2, 0) is 14.4 Å². The highest BCUT2D eigenvalue weighted by Crippen LogP contribution is 2.10. The summed E-state index contributed by atoms with van der Waals surface area (Å²) in [4.78, 5) is 35.4. The number of carbonyl (C=O) groups excluding carboxylic acids is 3. The van der Waals surface area contributed by atoms with Gasteiger partial charge in [-0.05, 0) is 13.3 Å². The number of hydrogen-bond acceptors (Lipinski definition) is 4. The Labute approximate surface area is 87.8 Å². The van der Waals surface area contributed by atoms with E-state index >= 15 is 0 Å². The van der Waals surface area contributed by atoms with Crippen molar-refractivity contribution in [3.63, 3.8) is 0 Å². The van der Waals surface area contributed by atoms with Crippen LogP contribution in [0.4, 0.5) is 0 Å². The first-order valence-corrected chi connectivity index (χ1v) is 4.87. The summed E-state index contributed by atoms with van der Waals surface area (Å²) in [6, 6.07) is -1.28. The van der Waals surface area contributed by atoms with Crippen molar-refractivity contribution in [3.8, 4) is 0 Å². The Bertz CT molecular complexity index is 301. The van der Waals surface area contributed by atoms with E-state index in [9.17, 15) is 14.4 Å². The number of nitrogens with zero attached hydrogens (tertiary/aromatic N) is 1. The summed E-state index contributed by atoms with van der Waals surface area (Å²) >= 11 is 0. The van der Waals surface area contributed by atoms with E-state index in [1.54, 1.807) is 6.92 Å². The van der Waals surface area contributed by atoms with Crippen molar-refractivity contribution in [2.24, 2.45) is 5.73 Å². The highest BCUT2D eigenvalue weighted by Gasteiger charge is 2.36. The van der Waals surface area contributed by atoms with Gasteiger partial charge in [0.15, 0.2) is 0 Å². The zero-order chi connectivity index (χ0) is 11.6. The molecule has 1 aliphatic heterocycles. The zero-order valence-electron chi connectivity index (χ0n) is 8.82.